The predicted octanol–water partition coefficient (Wildman–Crippen LogP) is 4.00. The number of carboxylic acid groups (broad SMARTS) is 1. The summed E-state index contributed by atoms with van der Waals surface area (Å²) in [6, 6.07) is 0. The average Bonchev–Trinajstić information content (AvgIpc) is 2.01. The Hall–Kier alpha value is 0.0500. The first-order chi connectivity index (χ1) is 6.48. The van der Waals surface area contributed by atoms with Crippen LogP contribution in [0.5, 0.6) is 0 Å². The first-order valence-electron chi connectivity index (χ1n) is 5.07. The minimum Gasteiger partial charge on any atom is -0.481 e. The van der Waals surface area contributed by atoms with Crippen molar-refractivity contribution < 1.29 is 9.90 Å². The third-order valence-electron chi connectivity index (χ3n) is 2.06. The van der Waals surface area contributed by atoms with Gasteiger partial charge < -0.3 is 5.11 Å². The van der Waals surface area contributed by atoms with Crippen molar-refractivity contribution in [1.29, 1.82) is 0 Å². The Morgan fingerprint density at radius 1 is 1.21 bits per heavy atom. The fraction of sp³-hybridized carbons (Fsp3) is 0.900. The molecule has 0 bridgehead atoms. The molecule has 4 heteroatoms. The van der Waals surface area contributed by atoms with Crippen LogP contribution in [0.2, 0.25) is 0 Å². The summed E-state index contributed by atoms with van der Waals surface area (Å²) in [6.07, 6.45) is 5.96. The van der Waals surface area contributed by atoms with Crippen LogP contribution >= 0.6 is 23.2 Å². The zero-order valence-electron chi connectivity index (χ0n) is 8.56. The van der Waals surface area contributed by atoms with Gasteiger partial charge in [-0.05, 0) is 6.42 Å². The highest BCUT2D eigenvalue weighted by atomic mass is 35.5. The molecule has 0 saturated heterocycles. The SMILES string of the molecule is CCCCCCCC(Cl)(Cl)CC(=O)O. The number of hydrogen-bond acceptors (Lipinski definition) is 1. The van der Waals surface area contributed by atoms with Crippen LogP contribution in [0.1, 0.15) is 51.9 Å². The van der Waals surface area contributed by atoms with Crippen LogP contribution in [0.15, 0.2) is 0 Å². The first kappa shape index (κ1) is 14.1. The molecule has 0 aromatic carbocycles. The molecule has 0 atom stereocenters. The van der Waals surface area contributed by atoms with Gasteiger partial charge in [-0.25, -0.2) is 0 Å². The van der Waals surface area contributed by atoms with E-state index in [4.69, 9.17) is 28.3 Å². The topological polar surface area (TPSA) is 37.3 Å². The lowest BCUT2D eigenvalue weighted by atomic mass is 10.1. The number of carbonyl (C=O) groups is 1. The molecule has 0 unspecified atom stereocenters. The fourth-order valence-electron chi connectivity index (χ4n) is 1.30. The van der Waals surface area contributed by atoms with E-state index in [0.717, 1.165) is 12.8 Å². The molecule has 0 aromatic heterocycles. The van der Waals surface area contributed by atoms with E-state index in [2.05, 4.69) is 6.92 Å². The zero-order chi connectivity index (χ0) is 11.0. The second-order valence-electron chi connectivity index (χ2n) is 3.59. The van der Waals surface area contributed by atoms with Gasteiger partial charge in [0, 0.05) is 0 Å². The number of aliphatic carboxylic acids is 1. The van der Waals surface area contributed by atoms with Gasteiger partial charge in [0.2, 0.25) is 0 Å². The van der Waals surface area contributed by atoms with Crippen molar-refractivity contribution in [2.24, 2.45) is 0 Å². The number of halogens is 2. The van der Waals surface area contributed by atoms with Crippen LogP contribution in [0.25, 0.3) is 0 Å². The molecule has 0 spiro atoms. The summed E-state index contributed by atoms with van der Waals surface area (Å²) in [5.41, 5.74) is 0. The number of rotatable bonds is 8. The molecule has 0 aliphatic rings. The molecule has 0 aliphatic heterocycles. The summed E-state index contributed by atoms with van der Waals surface area (Å²) in [6.45, 7) is 2.15. The predicted molar refractivity (Wildman–Crippen MR) is 60.1 cm³/mol. The van der Waals surface area contributed by atoms with Crippen LogP contribution in [-0.4, -0.2) is 15.4 Å². The van der Waals surface area contributed by atoms with E-state index < -0.39 is 10.3 Å². The van der Waals surface area contributed by atoms with Crippen LogP contribution in [0.4, 0.5) is 0 Å². The van der Waals surface area contributed by atoms with Crippen LogP contribution < -0.4 is 0 Å². The molecule has 0 rings (SSSR count). The molecule has 0 heterocycles. The molecular formula is C10H18Cl2O2. The fourth-order valence-corrected chi connectivity index (χ4v) is 1.79. The normalized spacial score (nSPS) is 11.6. The van der Waals surface area contributed by atoms with Gasteiger partial charge in [-0.2, -0.15) is 0 Å². The van der Waals surface area contributed by atoms with Gasteiger partial charge in [-0.15, -0.1) is 23.2 Å². The van der Waals surface area contributed by atoms with Gasteiger partial charge >= 0.3 is 5.97 Å². The highest BCUT2D eigenvalue weighted by Gasteiger charge is 2.26. The van der Waals surface area contributed by atoms with Crippen LogP contribution in [-0.2, 0) is 4.79 Å². The van der Waals surface area contributed by atoms with Crippen molar-refractivity contribution in [3.05, 3.63) is 0 Å². The van der Waals surface area contributed by atoms with Gasteiger partial charge in [0.05, 0.1) is 6.42 Å². The average molecular weight is 241 g/mol. The molecule has 0 amide bonds. The summed E-state index contributed by atoms with van der Waals surface area (Å²) in [5.74, 6) is -0.941. The Morgan fingerprint density at radius 3 is 2.29 bits per heavy atom. The van der Waals surface area contributed by atoms with Gasteiger partial charge in [-0.3, -0.25) is 4.79 Å². The molecule has 0 radical (unpaired) electrons. The third-order valence-corrected chi connectivity index (χ3v) is 2.70. The second kappa shape index (κ2) is 7.36. The number of carboxylic acids is 1. The van der Waals surface area contributed by atoms with Crippen LogP contribution in [0, 0.1) is 0 Å². The molecular weight excluding hydrogens is 223 g/mol. The minimum atomic E-state index is -1.09. The zero-order valence-corrected chi connectivity index (χ0v) is 10.1. The van der Waals surface area contributed by atoms with E-state index in [0.29, 0.717) is 6.42 Å². The summed E-state index contributed by atoms with van der Waals surface area (Å²) in [4.78, 5) is 10.4. The molecule has 84 valence electrons. The van der Waals surface area contributed by atoms with Gasteiger partial charge in [0.1, 0.15) is 4.33 Å². The van der Waals surface area contributed by atoms with E-state index in [-0.39, 0.29) is 6.42 Å². The Balaban J connectivity index is 3.50. The quantitative estimate of drug-likeness (QED) is 0.515. The molecule has 0 saturated carbocycles. The van der Waals surface area contributed by atoms with Gasteiger partial charge in [0.25, 0.3) is 0 Å². The summed E-state index contributed by atoms with van der Waals surface area (Å²) in [5, 5.41) is 8.52. The summed E-state index contributed by atoms with van der Waals surface area (Å²) < 4.78 is -1.09. The summed E-state index contributed by atoms with van der Waals surface area (Å²) >= 11 is 11.7. The Morgan fingerprint density at radius 2 is 1.79 bits per heavy atom. The van der Waals surface area contributed by atoms with Gasteiger partial charge in [-0.1, -0.05) is 39.0 Å². The molecule has 14 heavy (non-hydrogen) atoms. The van der Waals surface area contributed by atoms with Gasteiger partial charge in [0.15, 0.2) is 0 Å². The summed E-state index contributed by atoms with van der Waals surface area (Å²) in [7, 11) is 0. The van der Waals surface area contributed by atoms with E-state index in [1.165, 1.54) is 19.3 Å². The maximum Gasteiger partial charge on any atom is 0.306 e. The number of unbranched alkanes of at least 4 members (excludes halogenated alkanes) is 4. The second-order valence-corrected chi connectivity index (χ2v) is 5.23. The molecule has 0 aliphatic carbocycles. The van der Waals surface area contributed by atoms with Crippen molar-refractivity contribution in [1.82, 2.24) is 0 Å². The number of alkyl halides is 2. The standard InChI is InChI=1S/C10H18Cl2O2/c1-2-3-4-5-6-7-10(11,12)8-9(13)14/h2-8H2,1H3,(H,13,14). The lowest BCUT2D eigenvalue weighted by Gasteiger charge is -2.16. The van der Waals surface area contributed by atoms with E-state index in [1.807, 2.05) is 0 Å². The van der Waals surface area contributed by atoms with E-state index in [9.17, 15) is 4.79 Å². The highest BCUT2D eigenvalue weighted by Crippen LogP contribution is 2.31. The molecule has 1 N–H and O–H groups in total. The molecule has 0 fully saturated rings. The Kier molecular flexibility index (Phi) is 7.38. The van der Waals surface area contributed by atoms with Crippen molar-refractivity contribution in [3.63, 3.8) is 0 Å². The highest BCUT2D eigenvalue weighted by molar-refractivity contribution is 6.49. The molecule has 2 nitrogen and oxygen atoms in total. The van der Waals surface area contributed by atoms with Crippen LogP contribution in [0.3, 0.4) is 0 Å². The maximum absolute atomic E-state index is 10.4. The first-order valence-corrected chi connectivity index (χ1v) is 5.83. The Labute approximate surface area is 95.6 Å². The van der Waals surface area contributed by atoms with Crippen molar-refractivity contribution in [3.8, 4) is 0 Å². The minimum absolute atomic E-state index is 0.177. The lowest BCUT2D eigenvalue weighted by molar-refractivity contribution is -0.137. The lowest BCUT2D eigenvalue weighted by Crippen LogP contribution is -2.17. The maximum atomic E-state index is 10.4. The van der Waals surface area contributed by atoms with E-state index >= 15 is 0 Å². The van der Waals surface area contributed by atoms with Crippen molar-refractivity contribution >= 4 is 29.2 Å². The largest absolute Gasteiger partial charge is 0.481 e. The number of hydrogen-bond donors (Lipinski definition) is 1. The van der Waals surface area contributed by atoms with E-state index in [1.54, 1.807) is 0 Å². The monoisotopic (exact) mass is 240 g/mol. The van der Waals surface area contributed by atoms with Crippen molar-refractivity contribution in [2.75, 3.05) is 0 Å². The smallest absolute Gasteiger partial charge is 0.306 e. The Bertz CT molecular complexity index is 170. The molecule has 0 aromatic rings. The van der Waals surface area contributed by atoms with Crippen molar-refractivity contribution in [2.45, 2.75) is 56.2 Å². The third kappa shape index (κ3) is 8.64.